The number of aromatic nitrogens is 2. The normalized spacial score (nSPS) is 10.4. The largest absolute Gasteiger partial charge is 0.327 e. The molecule has 0 unspecified atom stereocenters. The molecule has 0 aliphatic heterocycles. The second-order valence-corrected chi connectivity index (χ2v) is 4.22. The first-order chi connectivity index (χ1) is 8.61. The van der Waals surface area contributed by atoms with Crippen LogP contribution in [0.3, 0.4) is 0 Å². The second kappa shape index (κ2) is 5.31. The van der Waals surface area contributed by atoms with Gasteiger partial charge in [0.05, 0.1) is 5.69 Å². The van der Waals surface area contributed by atoms with Crippen molar-refractivity contribution < 1.29 is 4.39 Å². The van der Waals surface area contributed by atoms with Gasteiger partial charge in [0, 0.05) is 19.5 Å². The Bertz CT molecular complexity index is 560. The Morgan fingerprint density at radius 3 is 2.67 bits per heavy atom. The molecule has 0 atom stereocenters. The van der Waals surface area contributed by atoms with Gasteiger partial charge in [0.15, 0.2) is 0 Å². The number of anilines is 2. The molecule has 1 heterocycles. The summed E-state index contributed by atoms with van der Waals surface area (Å²) in [5.41, 5.74) is 0.453. The third-order valence-electron chi connectivity index (χ3n) is 2.60. The zero-order valence-electron chi connectivity index (χ0n) is 10.2. The number of hydrogen-bond donors (Lipinski definition) is 0. The standard InChI is InChI=1S/C13H13ClFN3/c1-3-12-16-11(14)8-13(17-12)18(2)10-7-5-4-6-9(10)15/h4-8H,3H2,1-2H3. The Morgan fingerprint density at radius 2 is 2.00 bits per heavy atom. The highest BCUT2D eigenvalue weighted by atomic mass is 35.5. The van der Waals surface area contributed by atoms with Crippen LogP contribution in [0, 0.1) is 5.82 Å². The van der Waals surface area contributed by atoms with Gasteiger partial charge in [-0.15, -0.1) is 0 Å². The van der Waals surface area contributed by atoms with Gasteiger partial charge >= 0.3 is 0 Å². The summed E-state index contributed by atoms with van der Waals surface area (Å²) in [5, 5.41) is 0.361. The molecule has 0 saturated heterocycles. The van der Waals surface area contributed by atoms with Crippen molar-refractivity contribution in [2.45, 2.75) is 13.3 Å². The van der Waals surface area contributed by atoms with Gasteiger partial charge in [-0.3, -0.25) is 0 Å². The lowest BCUT2D eigenvalue weighted by molar-refractivity contribution is 0.627. The van der Waals surface area contributed by atoms with Crippen molar-refractivity contribution in [2.24, 2.45) is 0 Å². The molecule has 2 aromatic rings. The summed E-state index contributed by atoms with van der Waals surface area (Å²) in [6, 6.07) is 8.15. The van der Waals surface area contributed by atoms with E-state index in [0.717, 1.165) is 0 Å². The molecule has 5 heteroatoms. The molecule has 1 aromatic heterocycles. The Kier molecular flexibility index (Phi) is 3.77. The summed E-state index contributed by atoms with van der Waals surface area (Å²) in [6.07, 6.45) is 0.679. The molecule has 0 N–H and O–H groups in total. The van der Waals surface area contributed by atoms with E-state index in [1.807, 2.05) is 6.92 Å². The summed E-state index contributed by atoms with van der Waals surface area (Å²) < 4.78 is 13.7. The molecule has 2 rings (SSSR count). The zero-order valence-corrected chi connectivity index (χ0v) is 10.9. The lowest BCUT2D eigenvalue weighted by Crippen LogP contribution is -2.14. The predicted octanol–water partition coefficient (Wildman–Crippen LogP) is 3.60. The fraction of sp³-hybridized carbons (Fsp3) is 0.231. The molecule has 0 aliphatic carbocycles. The average Bonchev–Trinajstić information content (AvgIpc) is 2.37. The number of halogens is 2. The number of hydrogen-bond acceptors (Lipinski definition) is 3. The molecular weight excluding hydrogens is 253 g/mol. The van der Waals surface area contributed by atoms with Gasteiger partial charge in [0.2, 0.25) is 0 Å². The lowest BCUT2D eigenvalue weighted by Gasteiger charge is -2.19. The first kappa shape index (κ1) is 12.8. The fourth-order valence-corrected chi connectivity index (χ4v) is 1.82. The van der Waals surface area contributed by atoms with Crippen molar-refractivity contribution in [3.8, 4) is 0 Å². The van der Waals surface area contributed by atoms with Crippen molar-refractivity contribution in [3.63, 3.8) is 0 Å². The quantitative estimate of drug-likeness (QED) is 0.794. The van der Waals surface area contributed by atoms with E-state index in [9.17, 15) is 4.39 Å². The summed E-state index contributed by atoms with van der Waals surface area (Å²) in [5.74, 6) is 0.922. The van der Waals surface area contributed by atoms with E-state index < -0.39 is 0 Å². The number of benzene rings is 1. The van der Waals surface area contributed by atoms with Crippen molar-refractivity contribution in [1.29, 1.82) is 0 Å². The average molecular weight is 266 g/mol. The highest BCUT2D eigenvalue weighted by Gasteiger charge is 2.11. The van der Waals surface area contributed by atoms with Crippen LogP contribution in [-0.4, -0.2) is 17.0 Å². The second-order valence-electron chi connectivity index (χ2n) is 3.83. The number of rotatable bonds is 3. The van der Waals surface area contributed by atoms with Gasteiger partial charge in [0.1, 0.15) is 22.6 Å². The third kappa shape index (κ3) is 2.59. The Labute approximate surface area is 110 Å². The van der Waals surface area contributed by atoms with Crippen LogP contribution >= 0.6 is 11.6 Å². The highest BCUT2D eigenvalue weighted by Crippen LogP contribution is 2.25. The number of aryl methyl sites for hydroxylation is 1. The van der Waals surface area contributed by atoms with Crippen LogP contribution in [-0.2, 0) is 6.42 Å². The van der Waals surface area contributed by atoms with Crippen LogP contribution in [0.2, 0.25) is 5.15 Å². The maximum Gasteiger partial charge on any atom is 0.146 e. The maximum absolute atomic E-state index is 13.7. The topological polar surface area (TPSA) is 29.0 Å². The Morgan fingerprint density at radius 1 is 1.28 bits per heavy atom. The van der Waals surface area contributed by atoms with E-state index in [2.05, 4.69) is 9.97 Å². The molecule has 0 radical (unpaired) electrons. The number of nitrogens with zero attached hydrogens (tertiary/aromatic N) is 3. The number of para-hydroxylation sites is 1. The van der Waals surface area contributed by atoms with Crippen molar-refractivity contribution in [3.05, 3.63) is 47.1 Å². The molecule has 0 saturated carbocycles. The smallest absolute Gasteiger partial charge is 0.146 e. The maximum atomic E-state index is 13.7. The molecule has 0 amide bonds. The Balaban J connectivity index is 2.43. The highest BCUT2D eigenvalue weighted by molar-refractivity contribution is 6.29. The monoisotopic (exact) mass is 265 g/mol. The molecular formula is C13H13ClFN3. The molecule has 18 heavy (non-hydrogen) atoms. The van der Waals surface area contributed by atoms with E-state index >= 15 is 0 Å². The minimum Gasteiger partial charge on any atom is -0.327 e. The minimum absolute atomic E-state index is 0.298. The lowest BCUT2D eigenvalue weighted by atomic mass is 10.3. The third-order valence-corrected chi connectivity index (χ3v) is 2.79. The van der Waals surface area contributed by atoms with Gasteiger partial charge in [-0.25, -0.2) is 14.4 Å². The minimum atomic E-state index is -0.298. The van der Waals surface area contributed by atoms with Crippen molar-refractivity contribution in [1.82, 2.24) is 9.97 Å². The van der Waals surface area contributed by atoms with E-state index in [0.29, 0.717) is 28.9 Å². The molecule has 1 aromatic carbocycles. The predicted molar refractivity (Wildman–Crippen MR) is 70.9 cm³/mol. The van der Waals surface area contributed by atoms with Gasteiger partial charge < -0.3 is 4.90 Å². The first-order valence-electron chi connectivity index (χ1n) is 5.63. The summed E-state index contributed by atoms with van der Waals surface area (Å²) in [4.78, 5) is 10.1. The molecule has 3 nitrogen and oxygen atoms in total. The van der Waals surface area contributed by atoms with Gasteiger partial charge in [-0.1, -0.05) is 30.7 Å². The van der Waals surface area contributed by atoms with Crippen molar-refractivity contribution in [2.75, 3.05) is 11.9 Å². The summed E-state index contributed by atoms with van der Waals surface area (Å²) in [6.45, 7) is 1.94. The van der Waals surface area contributed by atoms with Crippen LogP contribution in [0.25, 0.3) is 0 Å². The van der Waals surface area contributed by atoms with Gasteiger partial charge in [-0.05, 0) is 12.1 Å². The van der Waals surface area contributed by atoms with Crippen molar-refractivity contribution >= 4 is 23.1 Å². The van der Waals surface area contributed by atoms with E-state index in [1.165, 1.54) is 6.07 Å². The van der Waals surface area contributed by atoms with E-state index in [1.54, 1.807) is 36.2 Å². The van der Waals surface area contributed by atoms with Crippen LogP contribution in [0.1, 0.15) is 12.7 Å². The first-order valence-corrected chi connectivity index (χ1v) is 6.01. The molecule has 0 bridgehead atoms. The van der Waals surface area contributed by atoms with Crippen LogP contribution in [0.5, 0.6) is 0 Å². The molecule has 94 valence electrons. The fourth-order valence-electron chi connectivity index (χ4n) is 1.63. The zero-order chi connectivity index (χ0) is 13.1. The molecule has 0 spiro atoms. The molecule has 0 fully saturated rings. The Hall–Kier alpha value is -1.68. The van der Waals surface area contributed by atoms with Crippen LogP contribution < -0.4 is 4.90 Å². The van der Waals surface area contributed by atoms with E-state index in [-0.39, 0.29) is 5.82 Å². The molecule has 0 aliphatic rings. The van der Waals surface area contributed by atoms with Crippen LogP contribution in [0.15, 0.2) is 30.3 Å². The van der Waals surface area contributed by atoms with Gasteiger partial charge in [-0.2, -0.15) is 0 Å². The van der Waals surface area contributed by atoms with Gasteiger partial charge in [0.25, 0.3) is 0 Å². The SMILES string of the molecule is CCc1nc(Cl)cc(N(C)c2ccccc2F)n1. The summed E-state index contributed by atoms with van der Waals surface area (Å²) >= 11 is 5.93. The summed E-state index contributed by atoms with van der Waals surface area (Å²) in [7, 11) is 1.75. The van der Waals surface area contributed by atoms with E-state index in [4.69, 9.17) is 11.6 Å². The van der Waals surface area contributed by atoms with Crippen LogP contribution in [0.4, 0.5) is 15.9 Å².